The minimum absolute atomic E-state index is 0.0668. The Morgan fingerprint density at radius 2 is 2.00 bits per heavy atom. The first kappa shape index (κ1) is 15.1. The summed E-state index contributed by atoms with van der Waals surface area (Å²) in [6.07, 6.45) is 1.23. The van der Waals surface area contributed by atoms with Crippen molar-refractivity contribution < 1.29 is 19.0 Å². The number of benzene rings is 2. The Bertz CT molecular complexity index is 742. The molecule has 1 amide bonds. The maximum absolute atomic E-state index is 13.0. The van der Waals surface area contributed by atoms with Crippen LogP contribution in [0.4, 0.5) is 10.1 Å². The number of carbonyl (C=O) groups excluding carboxylic acids is 1. The van der Waals surface area contributed by atoms with Gasteiger partial charge in [-0.25, -0.2) is 4.39 Å². The van der Waals surface area contributed by atoms with E-state index in [2.05, 4.69) is 6.58 Å². The number of phenolic OH excluding ortho intramolecular Hbond substituents is 1. The number of fused-ring (bicyclic) bond motifs is 1. The van der Waals surface area contributed by atoms with Crippen LogP contribution in [0.15, 0.2) is 55.1 Å². The average Bonchev–Trinajstić information content (AvgIpc) is 2.53. The quantitative estimate of drug-likeness (QED) is 0.883. The van der Waals surface area contributed by atoms with Gasteiger partial charge in [-0.05, 0) is 29.8 Å². The molecule has 118 valence electrons. The molecule has 3 rings (SSSR count). The number of hydrogen-bond donors (Lipinski definition) is 1. The van der Waals surface area contributed by atoms with Gasteiger partial charge in [0.05, 0.1) is 5.69 Å². The van der Waals surface area contributed by atoms with E-state index < -0.39 is 6.10 Å². The Kier molecular flexibility index (Phi) is 4.02. The highest BCUT2D eigenvalue weighted by Gasteiger charge is 2.34. The van der Waals surface area contributed by atoms with Gasteiger partial charge in [-0.2, -0.15) is 0 Å². The number of phenols is 1. The minimum atomic E-state index is -0.727. The fourth-order valence-electron chi connectivity index (χ4n) is 2.60. The highest BCUT2D eigenvalue weighted by atomic mass is 19.1. The van der Waals surface area contributed by atoms with E-state index in [0.717, 1.165) is 5.56 Å². The third-order valence-electron chi connectivity index (χ3n) is 3.69. The van der Waals surface area contributed by atoms with E-state index in [1.54, 1.807) is 29.2 Å². The number of carbonyl (C=O) groups is 1. The smallest absolute Gasteiger partial charge is 0.268 e. The standard InChI is InChI=1S/C18H16FNO3/c1-2-9-20-15-8-7-14(21)11-16(15)23-17(18(20)22)10-12-3-5-13(19)6-4-12/h2-8,11,17,21H,1,9-10H2. The average molecular weight is 313 g/mol. The van der Waals surface area contributed by atoms with Crippen molar-refractivity contribution in [2.45, 2.75) is 12.5 Å². The zero-order valence-corrected chi connectivity index (χ0v) is 12.4. The second-order valence-electron chi connectivity index (χ2n) is 5.33. The van der Waals surface area contributed by atoms with Gasteiger partial charge in [0, 0.05) is 19.0 Å². The molecule has 1 heterocycles. The summed E-state index contributed by atoms with van der Waals surface area (Å²) in [5.74, 6) is -0.00338. The van der Waals surface area contributed by atoms with Gasteiger partial charge in [0.2, 0.25) is 0 Å². The Balaban J connectivity index is 1.91. The fraction of sp³-hybridized carbons (Fsp3) is 0.167. The number of amides is 1. The third-order valence-corrected chi connectivity index (χ3v) is 3.69. The first-order chi connectivity index (χ1) is 11.1. The van der Waals surface area contributed by atoms with Gasteiger partial charge in [0.15, 0.2) is 6.10 Å². The molecule has 1 aliphatic rings. The molecule has 0 saturated heterocycles. The van der Waals surface area contributed by atoms with Crippen molar-refractivity contribution in [3.8, 4) is 11.5 Å². The van der Waals surface area contributed by atoms with Crippen LogP contribution < -0.4 is 9.64 Å². The van der Waals surface area contributed by atoms with Gasteiger partial charge < -0.3 is 14.7 Å². The van der Waals surface area contributed by atoms with Crippen LogP contribution in [0.3, 0.4) is 0 Å². The van der Waals surface area contributed by atoms with Crippen molar-refractivity contribution >= 4 is 11.6 Å². The monoisotopic (exact) mass is 313 g/mol. The zero-order chi connectivity index (χ0) is 16.4. The van der Waals surface area contributed by atoms with E-state index in [1.807, 2.05) is 0 Å². The molecule has 0 saturated carbocycles. The lowest BCUT2D eigenvalue weighted by Crippen LogP contribution is -2.47. The summed E-state index contributed by atoms with van der Waals surface area (Å²) in [7, 11) is 0. The van der Waals surface area contributed by atoms with E-state index in [9.17, 15) is 14.3 Å². The molecule has 1 N–H and O–H groups in total. The van der Waals surface area contributed by atoms with E-state index in [-0.39, 0.29) is 17.5 Å². The van der Waals surface area contributed by atoms with Gasteiger partial charge in [-0.3, -0.25) is 4.79 Å². The van der Waals surface area contributed by atoms with Crippen molar-refractivity contribution in [2.75, 3.05) is 11.4 Å². The lowest BCUT2D eigenvalue weighted by molar-refractivity contribution is -0.126. The van der Waals surface area contributed by atoms with E-state index >= 15 is 0 Å². The van der Waals surface area contributed by atoms with Gasteiger partial charge >= 0.3 is 0 Å². The van der Waals surface area contributed by atoms with Crippen LogP contribution in [0.2, 0.25) is 0 Å². The van der Waals surface area contributed by atoms with Gasteiger partial charge in [0.1, 0.15) is 17.3 Å². The molecule has 1 unspecified atom stereocenters. The van der Waals surface area contributed by atoms with E-state index in [0.29, 0.717) is 24.4 Å². The van der Waals surface area contributed by atoms with Crippen molar-refractivity contribution in [1.82, 2.24) is 0 Å². The first-order valence-corrected chi connectivity index (χ1v) is 7.25. The highest BCUT2D eigenvalue weighted by Crippen LogP contribution is 2.37. The van der Waals surface area contributed by atoms with Crippen molar-refractivity contribution in [1.29, 1.82) is 0 Å². The maximum atomic E-state index is 13.0. The summed E-state index contributed by atoms with van der Waals surface area (Å²) >= 11 is 0. The molecule has 0 aromatic heterocycles. The molecule has 0 bridgehead atoms. The summed E-state index contributed by atoms with van der Waals surface area (Å²) in [5, 5.41) is 9.63. The minimum Gasteiger partial charge on any atom is -0.508 e. The Labute approximate surface area is 133 Å². The molecule has 1 atom stereocenters. The van der Waals surface area contributed by atoms with Crippen LogP contribution in [0.5, 0.6) is 11.5 Å². The topological polar surface area (TPSA) is 49.8 Å². The lowest BCUT2D eigenvalue weighted by atomic mass is 10.0. The first-order valence-electron chi connectivity index (χ1n) is 7.25. The summed E-state index contributed by atoms with van der Waals surface area (Å²) in [5.41, 5.74) is 1.40. The molecule has 5 heteroatoms. The van der Waals surface area contributed by atoms with Crippen LogP contribution in [0.25, 0.3) is 0 Å². The molecule has 23 heavy (non-hydrogen) atoms. The van der Waals surface area contributed by atoms with E-state index in [1.165, 1.54) is 24.3 Å². The molecule has 0 spiro atoms. The van der Waals surface area contributed by atoms with Gasteiger partial charge in [0.25, 0.3) is 5.91 Å². The molecule has 1 aliphatic heterocycles. The number of rotatable bonds is 4. The Morgan fingerprint density at radius 1 is 1.26 bits per heavy atom. The van der Waals surface area contributed by atoms with Crippen molar-refractivity contribution in [3.63, 3.8) is 0 Å². The van der Waals surface area contributed by atoms with Crippen molar-refractivity contribution in [3.05, 3.63) is 66.5 Å². The predicted octanol–water partition coefficient (Wildman–Crippen LogP) is 3.05. The highest BCUT2D eigenvalue weighted by molar-refractivity contribution is 6.00. The second-order valence-corrected chi connectivity index (χ2v) is 5.33. The molecule has 2 aromatic carbocycles. The SMILES string of the molecule is C=CCN1C(=O)C(Cc2ccc(F)cc2)Oc2cc(O)ccc21. The number of hydrogen-bond acceptors (Lipinski definition) is 3. The molecule has 4 nitrogen and oxygen atoms in total. The van der Waals surface area contributed by atoms with Crippen molar-refractivity contribution in [2.24, 2.45) is 0 Å². The maximum Gasteiger partial charge on any atom is 0.268 e. The third kappa shape index (κ3) is 3.04. The van der Waals surface area contributed by atoms with E-state index in [4.69, 9.17) is 4.74 Å². The zero-order valence-electron chi connectivity index (χ0n) is 12.4. The molecule has 0 fully saturated rings. The van der Waals surface area contributed by atoms with Gasteiger partial charge in [-0.15, -0.1) is 6.58 Å². The normalized spacial score (nSPS) is 16.7. The van der Waals surface area contributed by atoms with Crippen LogP contribution in [-0.2, 0) is 11.2 Å². The van der Waals surface area contributed by atoms with Crippen LogP contribution in [0, 0.1) is 5.82 Å². The number of aromatic hydroxyl groups is 1. The number of anilines is 1. The fourth-order valence-corrected chi connectivity index (χ4v) is 2.60. The van der Waals surface area contributed by atoms with Gasteiger partial charge in [-0.1, -0.05) is 18.2 Å². The van der Waals surface area contributed by atoms with Crippen LogP contribution >= 0.6 is 0 Å². The summed E-state index contributed by atoms with van der Waals surface area (Å²) < 4.78 is 18.8. The Morgan fingerprint density at radius 3 is 2.70 bits per heavy atom. The lowest BCUT2D eigenvalue weighted by Gasteiger charge is -2.34. The predicted molar refractivity (Wildman–Crippen MR) is 85.2 cm³/mol. The summed E-state index contributed by atoms with van der Waals surface area (Å²) in [6, 6.07) is 10.6. The Hall–Kier alpha value is -2.82. The number of ether oxygens (including phenoxy) is 1. The number of nitrogens with zero attached hydrogens (tertiary/aromatic N) is 1. The molecule has 2 aromatic rings. The molecule has 0 aliphatic carbocycles. The molecule has 0 radical (unpaired) electrons. The molecular weight excluding hydrogens is 297 g/mol. The summed E-state index contributed by atoms with van der Waals surface area (Å²) in [4.78, 5) is 14.2. The molecular formula is C18H16FNO3. The summed E-state index contributed by atoms with van der Waals surface area (Å²) in [6.45, 7) is 4.02. The number of halogens is 1. The van der Waals surface area contributed by atoms with Crippen LogP contribution in [-0.4, -0.2) is 23.7 Å². The largest absolute Gasteiger partial charge is 0.508 e. The van der Waals surface area contributed by atoms with Crippen LogP contribution in [0.1, 0.15) is 5.56 Å². The second kappa shape index (κ2) is 6.12.